The van der Waals surface area contributed by atoms with Crippen LogP contribution in [0.15, 0.2) is 23.8 Å². The number of aliphatic carboxylic acids is 1. The maximum atomic E-state index is 10.2. The summed E-state index contributed by atoms with van der Waals surface area (Å²) >= 11 is 0. The summed E-state index contributed by atoms with van der Waals surface area (Å²) in [6.45, 7) is 7.16. The summed E-state index contributed by atoms with van der Waals surface area (Å²) in [5, 5.41) is 10.2. The predicted octanol–water partition coefficient (Wildman–Crippen LogP) is 1.04. The molecule has 0 amide bonds. The van der Waals surface area contributed by atoms with Crippen molar-refractivity contribution in [1.82, 2.24) is 0 Å². The van der Waals surface area contributed by atoms with Gasteiger partial charge in [0.2, 0.25) is 0 Å². The van der Waals surface area contributed by atoms with Crippen LogP contribution in [0.5, 0.6) is 0 Å². The van der Waals surface area contributed by atoms with Crippen molar-refractivity contribution in [2.75, 3.05) is 0 Å². The van der Waals surface area contributed by atoms with Crippen molar-refractivity contribution in [3.05, 3.63) is 23.8 Å². The summed E-state index contributed by atoms with van der Waals surface area (Å²) in [5.74, 6) is -1.09. The van der Waals surface area contributed by atoms with Crippen molar-refractivity contribution in [2.24, 2.45) is 0 Å². The zero-order chi connectivity index (χ0) is 8.85. The van der Waals surface area contributed by atoms with Crippen LogP contribution in [0.4, 0.5) is 0 Å². The molecule has 62 valence electrons. The van der Waals surface area contributed by atoms with Crippen molar-refractivity contribution < 1.29 is 9.90 Å². The first-order valence-corrected chi connectivity index (χ1v) is 3.56. The van der Waals surface area contributed by atoms with E-state index in [1.807, 2.05) is 6.92 Å². The molecule has 0 aromatic rings. The minimum absolute atomic E-state index is 0.297. The van der Waals surface area contributed by atoms with E-state index in [1.165, 1.54) is 6.92 Å². The summed E-state index contributed by atoms with van der Waals surface area (Å²) in [4.78, 5) is 10.2. The summed E-state index contributed by atoms with van der Waals surface area (Å²) in [6.07, 6.45) is 3.23. The maximum Gasteiger partial charge on any atom is 0.0668 e. The second-order valence-corrected chi connectivity index (χ2v) is 2.67. The molecule has 0 saturated heterocycles. The van der Waals surface area contributed by atoms with Gasteiger partial charge in [0.25, 0.3) is 0 Å². The minimum Gasteiger partial charge on any atom is -0.545 e. The number of carboxylic acid groups (broad SMARTS) is 1. The topological polar surface area (TPSA) is 40.1 Å². The average Bonchev–Trinajstić information content (AvgIpc) is 1.86. The van der Waals surface area contributed by atoms with Crippen LogP contribution in [0.3, 0.4) is 0 Å². The number of hydrogen-bond donors (Lipinski definition) is 0. The van der Waals surface area contributed by atoms with Gasteiger partial charge in [0.05, 0.1) is 5.97 Å². The molecule has 0 heterocycles. The first kappa shape index (κ1) is 9.95. The fourth-order valence-corrected chi connectivity index (χ4v) is 0.618. The molecule has 0 aliphatic heterocycles. The summed E-state index contributed by atoms with van der Waals surface area (Å²) in [6, 6.07) is 0. The van der Waals surface area contributed by atoms with Crippen molar-refractivity contribution in [2.45, 2.75) is 26.7 Å². The molecule has 0 aliphatic carbocycles. The van der Waals surface area contributed by atoms with Crippen LogP contribution < -0.4 is 5.11 Å². The smallest absolute Gasteiger partial charge is 0.0668 e. The van der Waals surface area contributed by atoms with Crippen LogP contribution >= 0.6 is 0 Å². The summed E-state index contributed by atoms with van der Waals surface area (Å²) < 4.78 is 0. The number of carbonyl (C=O) groups is 1. The minimum atomic E-state index is -1.09. The second-order valence-electron chi connectivity index (χ2n) is 2.67. The number of carbonyl (C=O) groups excluding carboxylic acids is 1. The van der Waals surface area contributed by atoms with E-state index in [0.29, 0.717) is 5.57 Å². The maximum absolute atomic E-state index is 10.2. The van der Waals surface area contributed by atoms with Crippen molar-refractivity contribution >= 4 is 5.97 Å². The van der Waals surface area contributed by atoms with Crippen LogP contribution in [0, 0.1) is 0 Å². The molecule has 0 aromatic heterocycles. The molecular weight excluding hydrogens is 140 g/mol. The fourth-order valence-electron chi connectivity index (χ4n) is 0.618. The number of carboxylic acids is 1. The van der Waals surface area contributed by atoms with E-state index >= 15 is 0 Å². The highest BCUT2D eigenvalue weighted by atomic mass is 16.4. The lowest BCUT2D eigenvalue weighted by Crippen LogP contribution is -2.22. The number of rotatable bonds is 4. The second kappa shape index (κ2) is 4.72. The molecule has 0 spiro atoms. The Kier molecular flexibility index (Phi) is 4.27. The Morgan fingerprint density at radius 3 is 2.45 bits per heavy atom. The van der Waals surface area contributed by atoms with E-state index in [2.05, 4.69) is 6.58 Å². The molecule has 0 N–H and O–H groups in total. The highest BCUT2D eigenvalue weighted by molar-refractivity contribution is 5.83. The van der Waals surface area contributed by atoms with Crippen molar-refractivity contribution in [1.29, 1.82) is 0 Å². The Morgan fingerprint density at radius 2 is 2.09 bits per heavy atom. The number of hydrogen-bond acceptors (Lipinski definition) is 2. The van der Waals surface area contributed by atoms with E-state index < -0.39 is 5.97 Å². The van der Waals surface area contributed by atoms with Crippen LogP contribution in [-0.2, 0) is 4.79 Å². The Labute approximate surface area is 67.2 Å². The van der Waals surface area contributed by atoms with E-state index in [9.17, 15) is 9.90 Å². The van der Waals surface area contributed by atoms with Gasteiger partial charge in [0.1, 0.15) is 0 Å². The molecule has 11 heavy (non-hydrogen) atoms. The third-order valence-corrected chi connectivity index (χ3v) is 1.34. The van der Waals surface area contributed by atoms with Gasteiger partial charge in [0, 0.05) is 0 Å². The standard InChI is InChI=1S/C9H14O2/c1-7(2)5-4-6-8(3)9(10)11/h6H,1,4-5H2,2-3H3,(H,10,11)/p-1/b8-6+. The zero-order valence-electron chi connectivity index (χ0n) is 7.02. The van der Waals surface area contributed by atoms with Crippen molar-refractivity contribution in [3.8, 4) is 0 Å². The third-order valence-electron chi connectivity index (χ3n) is 1.34. The van der Waals surface area contributed by atoms with Crippen LogP contribution in [0.25, 0.3) is 0 Å². The Balaban J connectivity index is 3.74. The van der Waals surface area contributed by atoms with Gasteiger partial charge in [-0.05, 0) is 32.3 Å². The lowest BCUT2D eigenvalue weighted by atomic mass is 10.1. The SMILES string of the molecule is C=C(C)CC/C=C(\C)C(=O)[O-]. The highest BCUT2D eigenvalue weighted by Gasteiger charge is 1.88. The Morgan fingerprint density at radius 1 is 1.55 bits per heavy atom. The Bertz CT molecular complexity index is 190. The molecule has 0 saturated carbocycles. The van der Waals surface area contributed by atoms with Crippen LogP contribution in [0.2, 0.25) is 0 Å². The van der Waals surface area contributed by atoms with Gasteiger partial charge in [-0.15, -0.1) is 6.58 Å². The largest absolute Gasteiger partial charge is 0.545 e. The van der Waals surface area contributed by atoms with Gasteiger partial charge in [-0.2, -0.15) is 0 Å². The quantitative estimate of drug-likeness (QED) is 0.447. The molecule has 0 fully saturated rings. The molecule has 2 heteroatoms. The molecule has 0 bridgehead atoms. The Hall–Kier alpha value is -1.05. The lowest BCUT2D eigenvalue weighted by Gasteiger charge is -2.00. The van der Waals surface area contributed by atoms with Gasteiger partial charge in [-0.25, -0.2) is 0 Å². The summed E-state index contributed by atoms with van der Waals surface area (Å²) in [5.41, 5.74) is 1.36. The number of allylic oxidation sites excluding steroid dienone is 2. The van der Waals surface area contributed by atoms with Crippen molar-refractivity contribution in [3.63, 3.8) is 0 Å². The molecule has 0 unspecified atom stereocenters. The van der Waals surface area contributed by atoms with E-state index in [0.717, 1.165) is 18.4 Å². The molecule has 0 aliphatic rings. The molecule has 0 rings (SSSR count). The van der Waals surface area contributed by atoms with E-state index in [4.69, 9.17) is 0 Å². The highest BCUT2D eigenvalue weighted by Crippen LogP contribution is 2.03. The predicted molar refractivity (Wildman–Crippen MR) is 42.8 cm³/mol. The van der Waals surface area contributed by atoms with Gasteiger partial charge in [0.15, 0.2) is 0 Å². The molecule has 0 radical (unpaired) electrons. The van der Waals surface area contributed by atoms with E-state index in [1.54, 1.807) is 6.08 Å². The first-order chi connectivity index (χ1) is 5.04. The third kappa shape index (κ3) is 5.40. The van der Waals surface area contributed by atoms with Gasteiger partial charge < -0.3 is 9.90 Å². The fraction of sp³-hybridized carbons (Fsp3) is 0.444. The molecule has 2 nitrogen and oxygen atoms in total. The summed E-state index contributed by atoms with van der Waals surface area (Å²) in [7, 11) is 0. The van der Waals surface area contributed by atoms with Gasteiger partial charge in [-0.3, -0.25) is 0 Å². The molecule has 0 aromatic carbocycles. The van der Waals surface area contributed by atoms with Gasteiger partial charge in [-0.1, -0.05) is 11.6 Å². The molecular formula is C9H13O2-. The zero-order valence-corrected chi connectivity index (χ0v) is 7.02. The normalized spacial score (nSPS) is 11.3. The van der Waals surface area contributed by atoms with Gasteiger partial charge >= 0.3 is 0 Å². The van der Waals surface area contributed by atoms with Crippen LogP contribution in [0.1, 0.15) is 26.7 Å². The lowest BCUT2D eigenvalue weighted by molar-refractivity contribution is -0.299. The molecule has 0 atom stereocenters. The van der Waals surface area contributed by atoms with E-state index in [-0.39, 0.29) is 0 Å². The van der Waals surface area contributed by atoms with Crippen LogP contribution in [-0.4, -0.2) is 5.97 Å². The first-order valence-electron chi connectivity index (χ1n) is 3.56. The average molecular weight is 153 g/mol. The monoisotopic (exact) mass is 153 g/mol.